The fraction of sp³-hybridized carbons (Fsp3) is 0.222. The highest BCUT2D eigenvalue weighted by molar-refractivity contribution is 6.31. The number of rotatable bonds is 4. The average molecular weight is 347 g/mol. The van der Waals surface area contributed by atoms with E-state index in [1.165, 1.54) is 18.2 Å². The third-order valence-corrected chi connectivity index (χ3v) is 4.20. The van der Waals surface area contributed by atoms with E-state index in [9.17, 15) is 14.0 Å². The largest absolute Gasteiger partial charge is 0.338 e. The Labute approximate surface area is 144 Å². The van der Waals surface area contributed by atoms with Gasteiger partial charge in [-0.3, -0.25) is 9.59 Å². The zero-order valence-corrected chi connectivity index (χ0v) is 13.6. The summed E-state index contributed by atoms with van der Waals surface area (Å²) >= 11 is 5.71. The Morgan fingerprint density at radius 3 is 2.79 bits per heavy atom. The lowest BCUT2D eigenvalue weighted by Crippen LogP contribution is -2.24. The van der Waals surface area contributed by atoms with Crippen LogP contribution in [0.3, 0.4) is 0 Å². The molecule has 2 aromatic rings. The second-order valence-electron chi connectivity index (χ2n) is 5.70. The Hall–Kier alpha value is -2.40. The second-order valence-corrected chi connectivity index (χ2v) is 6.11. The summed E-state index contributed by atoms with van der Waals surface area (Å²) in [6.45, 7) is 1.26. The van der Waals surface area contributed by atoms with Gasteiger partial charge in [0.05, 0.1) is 5.02 Å². The van der Waals surface area contributed by atoms with Crippen molar-refractivity contribution in [3.8, 4) is 0 Å². The van der Waals surface area contributed by atoms with E-state index in [0.29, 0.717) is 24.2 Å². The number of hydrogen-bond donors (Lipinski definition) is 1. The van der Waals surface area contributed by atoms with Crippen LogP contribution in [0.1, 0.15) is 28.8 Å². The van der Waals surface area contributed by atoms with Gasteiger partial charge >= 0.3 is 0 Å². The molecule has 0 saturated carbocycles. The molecule has 1 saturated heterocycles. The van der Waals surface area contributed by atoms with Crippen LogP contribution in [-0.4, -0.2) is 23.3 Å². The van der Waals surface area contributed by atoms with E-state index < -0.39 is 5.82 Å². The number of anilines is 1. The van der Waals surface area contributed by atoms with Gasteiger partial charge in [-0.25, -0.2) is 4.39 Å². The monoisotopic (exact) mass is 346 g/mol. The predicted octanol–water partition coefficient (Wildman–Crippen LogP) is 3.85. The predicted molar refractivity (Wildman–Crippen MR) is 90.5 cm³/mol. The van der Waals surface area contributed by atoms with Crippen LogP contribution in [0.25, 0.3) is 0 Å². The van der Waals surface area contributed by atoms with E-state index in [-0.39, 0.29) is 16.8 Å². The molecular formula is C18H16ClFN2O2. The van der Waals surface area contributed by atoms with Crippen molar-refractivity contribution < 1.29 is 14.0 Å². The van der Waals surface area contributed by atoms with Gasteiger partial charge in [0.15, 0.2) is 0 Å². The first kappa shape index (κ1) is 16.5. The maximum Gasteiger partial charge on any atom is 0.255 e. The number of nitrogens with zero attached hydrogens (tertiary/aromatic N) is 1. The van der Waals surface area contributed by atoms with E-state index in [2.05, 4.69) is 5.32 Å². The third kappa shape index (κ3) is 3.74. The van der Waals surface area contributed by atoms with Gasteiger partial charge < -0.3 is 10.2 Å². The number of amides is 2. The summed E-state index contributed by atoms with van der Waals surface area (Å²) in [5.74, 6) is -0.704. The molecule has 1 N–H and O–H groups in total. The number of carbonyl (C=O) groups excluding carboxylic acids is 2. The Morgan fingerprint density at radius 1 is 1.25 bits per heavy atom. The summed E-state index contributed by atoms with van der Waals surface area (Å²) < 4.78 is 13.2. The first-order chi connectivity index (χ1) is 11.5. The van der Waals surface area contributed by atoms with Crippen LogP contribution < -0.4 is 5.32 Å². The molecule has 1 aliphatic heterocycles. The molecular weight excluding hydrogens is 331 g/mol. The minimum atomic E-state index is -0.535. The number of carbonyl (C=O) groups is 2. The highest BCUT2D eigenvalue weighted by atomic mass is 35.5. The molecule has 0 aliphatic carbocycles. The topological polar surface area (TPSA) is 49.4 Å². The molecule has 0 radical (unpaired) electrons. The minimum Gasteiger partial charge on any atom is -0.338 e. The van der Waals surface area contributed by atoms with E-state index >= 15 is 0 Å². The van der Waals surface area contributed by atoms with Gasteiger partial charge in [-0.15, -0.1) is 0 Å². The van der Waals surface area contributed by atoms with Crippen LogP contribution in [-0.2, 0) is 11.3 Å². The highest BCUT2D eigenvalue weighted by Crippen LogP contribution is 2.20. The lowest BCUT2D eigenvalue weighted by molar-refractivity contribution is -0.128. The van der Waals surface area contributed by atoms with Crippen molar-refractivity contribution >= 4 is 29.1 Å². The van der Waals surface area contributed by atoms with Gasteiger partial charge in [-0.05, 0) is 42.3 Å². The molecule has 6 heteroatoms. The molecule has 0 bridgehead atoms. The number of benzene rings is 2. The van der Waals surface area contributed by atoms with Gasteiger partial charge in [-0.1, -0.05) is 23.7 Å². The van der Waals surface area contributed by atoms with Gasteiger partial charge in [-0.2, -0.15) is 0 Å². The number of halogens is 2. The SMILES string of the molecule is O=C(Nc1ccc(F)c(Cl)c1)c1cccc(CN2CCCC2=O)c1. The molecule has 1 fully saturated rings. The van der Waals surface area contributed by atoms with Crippen LogP contribution in [0.2, 0.25) is 5.02 Å². The van der Waals surface area contributed by atoms with Crippen LogP contribution in [0.15, 0.2) is 42.5 Å². The molecule has 0 unspecified atom stereocenters. The quantitative estimate of drug-likeness (QED) is 0.914. The number of likely N-dealkylation sites (tertiary alicyclic amines) is 1. The number of nitrogens with one attached hydrogen (secondary N) is 1. The van der Waals surface area contributed by atoms with Gasteiger partial charge in [0.1, 0.15) is 5.82 Å². The van der Waals surface area contributed by atoms with Crippen molar-refractivity contribution in [2.75, 3.05) is 11.9 Å². The van der Waals surface area contributed by atoms with Crippen LogP contribution in [0, 0.1) is 5.82 Å². The van der Waals surface area contributed by atoms with Crippen LogP contribution >= 0.6 is 11.6 Å². The van der Waals surface area contributed by atoms with Crippen molar-refractivity contribution in [3.05, 3.63) is 64.4 Å². The Balaban J connectivity index is 1.71. The lowest BCUT2D eigenvalue weighted by atomic mass is 10.1. The normalized spacial score (nSPS) is 14.1. The molecule has 1 aliphatic rings. The molecule has 4 nitrogen and oxygen atoms in total. The molecule has 0 spiro atoms. The van der Waals surface area contributed by atoms with Gasteiger partial charge in [0.25, 0.3) is 5.91 Å². The molecule has 124 valence electrons. The summed E-state index contributed by atoms with van der Waals surface area (Å²) in [6.07, 6.45) is 1.47. The molecule has 2 amide bonds. The van der Waals surface area contributed by atoms with Crippen molar-refractivity contribution in [1.29, 1.82) is 0 Å². The van der Waals surface area contributed by atoms with E-state index in [1.54, 1.807) is 23.1 Å². The molecule has 0 atom stereocenters. The Kier molecular flexibility index (Phi) is 4.81. The van der Waals surface area contributed by atoms with Crippen LogP contribution in [0.5, 0.6) is 0 Å². The molecule has 2 aromatic carbocycles. The fourth-order valence-electron chi connectivity index (χ4n) is 2.68. The number of hydrogen-bond acceptors (Lipinski definition) is 2. The van der Waals surface area contributed by atoms with Gasteiger partial charge in [0, 0.05) is 30.8 Å². The van der Waals surface area contributed by atoms with E-state index in [1.807, 2.05) is 6.07 Å². The van der Waals surface area contributed by atoms with Crippen molar-refractivity contribution in [2.45, 2.75) is 19.4 Å². The average Bonchev–Trinajstić information content (AvgIpc) is 2.96. The Morgan fingerprint density at radius 2 is 2.08 bits per heavy atom. The maximum atomic E-state index is 13.2. The maximum absolute atomic E-state index is 13.2. The summed E-state index contributed by atoms with van der Waals surface area (Å²) in [6, 6.07) is 11.1. The minimum absolute atomic E-state index is 0.0471. The van der Waals surface area contributed by atoms with Crippen molar-refractivity contribution in [1.82, 2.24) is 4.90 Å². The highest BCUT2D eigenvalue weighted by Gasteiger charge is 2.20. The third-order valence-electron chi connectivity index (χ3n) is 3.91. The standard InChI is InChI=1S/C18H16ClFN2O2/c19-15-10-14(6-7-16(15)20)21-18(24)13-4-1-3-12(9-13)11-22-8-2-5-17(22)23/h1,3-4,6-7,9-10H,2,5,8,11H2,(H,21,24). The summed E-state index contributed by atoms with van der Waals surface area (Å²) in [5, 5.41) is 2.64. The zero-order chi connectivity index (χ0) is 17.1. The smallest absolute Gasteiger partial charge is 0.255 e. The molecule has 3 rings (SSSR count). The first-order valence-electron chi connectivity index (χ1n) is 7.66. The molecule has 24 heavy (non-hydrogen) atoms. The van der Waals surface area contributed by atoms with Crippen molar-refractivity contribution in [2.24, 2.45) is 0 Å². The van der Waals surface area contributed by atoms with E-state index in [4.69, 9.17) is 11.6 Å². The fourth-order valence-corrected chi connectivity index (χ4v) is 2.86. The van der Waals surface area contributed by atoms with Gasteiger partial charge in [0.2, 0.25) is 5.91 Å². The zero-order valence-electron chi connectivity index (χ0n) is 12.9. The van der Waals surface area contributed by atoms with Crippen molar-refractivity contribution in [3.63, 3.8) is 0 Å². The first-order valence-corrected chi connectivity index (χ1v) is 8.04. The summed E-state index contributed by atoms with van der Waals surface area (Å²) in [4.78, 5) is 25.8. The summed E-state index contributed by atoms with van der Waals surface area (Å²) in [7, 11) is 0. The Bertz CT molecular complexity index is 794. The second kappa shape index (κ2) is 7.01. The molecule has 0 aromatic heterocycles. The molecule has 1 heterocycles. The lowest BCUT2D eigenvalue weighted by Gasteiger charge is -2.16. The van der Waals surface area contributed by atoms with Crippen LogP contribution in [0.4, 0.5) is 10.1 Å². The van der Waals surface area contributed by atoms with E-state index in [0.717, 1.165) is 18.5 Å². The summed E-state index contributed by atoms with van der Waals surface area (Å²) in [5.41, 5.74) is 1.79.